The summed E-state index contributed by atoms with van der Waals surface area (Å²) in [4.78, 5) is 16.5. The van der Waals surface area contributed by atoms with Crippen LogP contribution >= 0.6 is 11.6 Å². The molecule has 2 aromatic carbocycles. The lowest BCUT2D eigenvalue weighted by Gasteiger charge is -2.34. The van der Waals surface area contributed by atoms with Crippen LogP contribution in [-0.4, -0.2) is 62.1 Å². The first-order valence-corrected chi connectivity index (χ1v) is 9.39. The van der Waals surface area contributed by atoms with E-state index in [1.165, 1.54) is 10.7 Å². The van der Waals surface area contributed by atoms with Gasteiger partial charge in [-0.1, -0.05) is 17.7 Å². The van der Waals surface area contributed by atoms with E-state index >= 15 is 0 Å². The maximum atomic E-state index is 13.5. The molecular formula is C19H17ClF2N6O. The smallest absolute Gasteiger partial charge is 0.253 e. The first kappa shape index (κ1) is 19.4. The molecule has 0 aliphatic carbocycles. The molecule has 1 aliphatic rings. The van der Waals surface area contributed by atoms with Crippen LogP contribution in [0.3, 0.4) is 0 Å². The normalized spacial score (nSPS) is 14.9. The van der Waals surface area contributed by atoms with E-state index in [-0.39, 0.29) is 5.91 Å². The molecule has 150 valence electrons. The number of aromatic nitrogens is 4. The van der Waals surface area contributed by atoms with E-state index in [1.807, 2.05) is 0 Å². The number of benzene rings is 2. The topological polar surface area (TPSA) is 67.2 Å². The van der Waals surface area contributed by atoms with Crippen molar-refractivity contribution in [2.45, 2.75) is 6.54 Å². The van der Waals surface area contributed by atoms with Gasteiger partial charge in [-0.15, -0.1) is 5.10 Å². The van der Waals surface area contributed by atoms with Crippen LogP contribution in [0.25, 0.3) is 5.69 Å². The highest BCUT2D eigenvalue weighted by atomic mass is 35.5. The number of hydrogen-bond acceptors (Lipinski definition) is 5. The van der Waals surface area contributed by atoms with Crippen molar-refractivity contribution in [2.75, 3.05) is 26.2 Å². The lowest BCUT2D eigenvalue weighted by molar-refractivity contribution is 0.0624. The van der Waals surface area contributed by atoms with E-state index in [0.717, 1.165) is 12.1 Å². The van der Waals surface area contributed by atoms with Crippen molar-refractivity contribution >= 4 is 17.5 Å². The Bertz CT molecular complexity index is 1040. The van der Waals surface area contributed by atoms with Crippen LogP contribution in [0.2, 0.25) is 5.02 Å². The first-order chi connectivity index (χ1) is 14.0. The average molecular weight is 419 g/mol. The number of hydrogen-bond donors (Lipinski definition) is 0. The van der Waals surface area contributed by atoms with Crippen molar-refractivity contribution in [2.24, 2.45) is 0 Å². The third-order valence-corrected chi connectivity index (χ3v) is 5.01. The van der Waals surface area contributed by atoms with Crippen LogP contribution in [0.1, 0.15) is 16.2 Å². The minimum atomic E-state index is -0.961. The minimum absolute atomic E-state index is 0.0567. The molecule has 0 unspecified atom stereocenters. The van der Waals surface area contributed by atoms with Gasteiger partial charge in [-0.3, -0.25) is 9.69 Å². The van der Waals surface area contributed by atoms with Gasteiger partial charge in [-0.2, -0.15) is 4.68 Å². The van der Waals surface area contributed by atoms with Gasteiger partial charge in [-0.05, 0) is 40.8 Å². The highest BCUT2D eigenvalue weighted by Gasteiger charge is 2.24. The van der Waals surface area contributed by atoms with Gasteiger partial charge in [0.2, 0.25) is 0 Å². The maximum Gasteiger partial charge on any atom is 0.253 e. The summed E-state index contributed by atoms with van der Waals surface area (Å²) in [5.41, 5.74) is 0.909. The van der Waals surface area contributed by atoms with Gasteiger partial charge in [0.15, 0.2) is 17.5 Å². The molecule has 7 nitrogen and oxygen atoms in total. The van der Waals surface area contributed by atoms with Crippen molar-refractivity contribution < 1.29 is 13.6 Å². The second-order valence-corrected chi connectivity index (χ2v) is 7.12. The lowest BCUT2D eigenvalue weighted by Crippen LogP contribution is -2.48. The van der Waals surface area contributed by atoms with Crippen molar-refractivity contribution in [3.05, 3.63) is 70.5 Å². The summed E-state index contributed by atoms with van der Waals surface area (Å²) in [5, 5.41) is 12.1. The van der Waals surface area contributed by atoms with Crippen LogP contribution in [-0.2, 0) is 6.54 Å². The first-order valence-electron chi connectivity index (χ1n) is 9.01. The Morgan fingerprint density at radius 3 is 2.55 bits per heavy atom. The second-order valence-electron chi connectivity index (χ2n) is 6.68. The molecule has 1 amide bonds. The van der Waals surface area contributed by atoms with Gasteiger partial charge in [0.05, 0.1) is 12.2 Å². The van der Waals surface area contributed by atoms with E-state index in [9.17, 15) is 13.6 Å². The van der Waals surface area contributed by atoms with Crippen LogP contribution in [0.5, 0.6) is 0 Å². The molecule has 0 radical (unpaired) electrons. The predicted octanol–water partition coefficient (Wildman–Crippen LogP) is 2.55. The van der Waals surface area contributed by atoms with Crippen LogP contribution in [0, 0.1) is 11.6 Å². The number of nitrogens with zero attached hydrogens (tertiary/aromatic N) is 6. The third kappa shape index (κ3) is 4.25. The molecule has 0 bridgehead atoms. The lowest BCUT2D eigenvalue weighted by atomic mass is 10.2. The second kappa shape index (κ2) is 8.22. The zero-order valence-corrected chi connectivity index (χ0v) is 16.1. The molecule has 0 N–H and O–H groups in total. The molecule has 1 aliphatic heterocycles. The van der Waals surface area contributed by atoms with Gasteiger partial charge >= 0.3 is 0 Å². The van der Waals surface area contributed by atoms with Gasteiger partial charge < -0.3 is 4.90 Å². The molecule has 0 atom stereocenters. The Morgan fingerprint density at radius 2 is 1.83 bits per heavy atom. The molecule has 10 heteroatoms. The van der Waals surface area contributed by atoms with Crippen LogP contribution in [0.4, 0.5) is 8.78 Å². The standard InChI is InChI=1S/C19H17ClF2N6O/c20-14-3-1-2-13(10-14)19(29)27-8-6-26(7-9-27)12-18-23-24-25-28(18)15-4-5-16(21)17(22)11-15/h1-5,10-11H,6-9,12H2. The Kier molecular flexibility index (Phi) is 5.50. The highest BCUT2D eigenvalue weighted by molar-refractivity contribution is 6.30. The molecular weight excluding hydrogens is 402 g/mol. The predicted molar refractivity (Wildman–Crippen MR) is 102 cm³/mol. The number of piperazine rings is 1. The minimum Gasteiger partial charge on any atom is -0.336 e. The summed E-state index contributed by atoms with van der Waals surface area (Å²) in [6.45, 7) is 2.80. The maximum absolute atomic E-state index is 13.5. The highest BCUT2D eigenvalue weighted by Crippen LogP contribution is 2.17. The number of amides is 1. The summed E-state index contributed by atoms with van der Waals surface area (Å²) in [5.74, 6) is -1.44. The van der Waals surface area contributed by atoms with Crippen molar-refractivity contribution in [3.8, 4) is 5.69 Å². The molecule has 29 heavy (non-hydrogen) atoms. The van der Waals surface area contributed by atoms with Crippen LogP contribution < -0.4 is 0 Å². The van der Waals surface area contributed by atoms with E-state index in [2.05, 4.69) is 20.4 Å². The Labute approximate surface area is 170 Å². The summed E-state index contributed by atoms with van der Waals surface area (Å²) < 4.78 is 28.1. The molecule has 0 saturated carbocycles. The van der Waals surface area contributed by atoms with Gasteiger partial charge in [0, 0.05) is 42.8 Å². The number of rotatable bonds is 4. The number of carbonyl (C=O) groups is 1. The Morgan fingerprint density at radius 1 is 1.03 bits per heavy atom. The quantitative estimate of drug-likeness (QED) is 0.651. The van der Waals surface area contributed by atoms with Gasteiger partial charge in [0.25, 0.3) is 5.91 Å². The zero-order valence-electron chi connectivity index (χ0n) is 15.3. The third-order valence-electron chi connectivity index (χ3n) is 4.78. The molecule has 1 fully saturated rings. The fourth-order valence-corrected chi connectivity index (χ4v) is 3.43. The van der Waals surface area contributed by atoms with Gasteiger partial charge in [0.1, 0.15) is 0 Å². The number of carbonyl (C=O) groups excluding carboxylic acids is 1. The van der Waals surface area contributed by atoms with Crippen LogP contribution in [0.15, 0.2) is 42.5 Å². The molecule has 4 rings (SSSR count). The number of tetrazole rings is 1. The SMILES string of the molecule is O=C(c1cccc(Cl)c1)N1CCN(Cc2nnnn2-c2ccc(F)c(F)c2)CC1. The zero-order chi connectivity index (χ0) is 20.4. The fourth-order valence-electron chi connectivity index (χ4n) is 3.23. The average Bonchev–Trinajstić information content (AvgIpc) is 3.18. The van der Waals surface area contributed by atoms with Crippen molar-refractivity contribution in [1.29, 1.82) is 0 Å². The monoisotopic (exact) mass is 418 g/mol. The van der Waals surface area contributed by atoms with E-state index in [1.54, 1.807) is 29.2 Å². The summed E-state index contributed by atoms with van der Waals surface area (Å²) in [6, 6.07) is 10.4. The van der Waals surface area contributed by atoms with E-state index < -0.39 is 11.6 Å². The number of halogens is 3. The Hall–Kier alpha value is -2.91. The summed E-state index contributed by atoms with van der Waals surface area (Å²) in [6.07, 6.45) is 0. The Balaban J connectivity index is 1.40. The molecule has 1 saturated heterocycles. The van der Waals surface area contributed by atoms with Crippen molar-refractivity contribution in [3.63, 3.8) is 0 Å². The largest absolute Gasteiger partial charge is 0.336 e. The van der Waals surface area contributed by atoms with E-state index in [0.29, 0.717) is 54.8 Å². The molecule has 3 aromatic rings. The fraction of sp³-hybridized carbons (Fsp3) is 0.263. The molecule has 1 aromatic heterocycles. The van der Waals surface area contributed by atoms with Gasteiger partial charge in [-0.25, -0.2) is 8.78 Å². The summed E-state index contributed by atoms with van der Waals surface area (Å²) in [7, 11) is 0. The molecule has 0 spiro atoms. The van der Waals surface area contributed by atoms with Crippen molar-refractivity contribution in [1.82, 2.24) is 30.0 Å². The molecule has 2 heterocycles. The summed E-state index contributed by atoms with van der Waals surface area (Å²) >= 11 is 5.97. The van der Waals surface area contributed by atoms with E-state index in [4.69, 9.17) is 11.6 Å².